The Labute approximate surface area is 69.0 Å². The molecule has 4 N–H and O–H groups in total. The van der Waals surface area contributed by atoms with Crippen molar-refractivity contribution in [2.45, 2.75) is 6.92 Å². The van der Waals surface area contributed by atoms with Gasteiger partial charge in [0.2, 0.25) is 0 Å². The van der Waals surface area contributed by atoms with Crippen molar-refractivity contribution in [1.29, 1.82) is 0 Å². The second kappa shape index (κ2) is 2.10. The fourth-order valence-corrected chi connectivity index (χ4v) is 1.10. The molecule has 0 saturated carbocycles. The lowest BCUT2D eigenvalue weighted by Gasteiger charge is -1.95. The molecular formula is C7H9N5. The lowest BCUT2D eigenvalue weighted by molar-refractivity contribution is 0.943. The van der Waals surface area contributed by atoms with Crippen LogP contribution in [0.1, 0.15) is 5.82 Å². The van der Waals surface area contributed by atoms with E-state index in [0.29, 0.717) is 11.5 Å². The fourth-order valence-electron chi connectivity index (χ4n) is 1.10. The van der Waals surface area contributed by atoms with Crippen LogP contribution in [0, 0.1) is 6.92 Å². The Bertz CT molecular complexity index is 431. The Morgan fingerprint density at radius 2 is 2.08 bits per heavy atom. The van der Waals surface area contributed by atoms with Crippen molar-refractivity contribution >= 4 is 17.0 Å². The number of aromatic nitrogens is 3. The number of hydrogen-bond donors (Lipinski definition) is 2. The maximum absolute atomic E-state index is 5.64. The molecule has 0 aromatic carbocycles. The van der Waals surface area contributed by atoms with Crippen LogP contribution in [0.15, 0.2) is 12.1 Å². The molecule has 0 fully saturated rings. The summed E-state index contributed by atoms with van der Waals surface area (Å²) in [5.41, 5.74) is 6.88. The first kappa shape index (κ1) is 6.90. The summed E-state index contributed by atoms with van der Waals surface area (Å²) in [6.07, 6.45) is 0. The lowest BCUT2D eigenvalue weighted by atomic mass is 10.4. The van der Waals surface area contributed by atoms with Gasteiger partial charge in [-0.25, -0.2) is 14.6 Å². The van der Waals surface area contributed by atoms with E-state index in [2.05, 4.69) is 9.97 Å². The van der Waals surface area contributed by atoms with Crippen molar-refractivity contribution in [1.82, 2.24) is 14.6 Å². The second-order valence-electron chi connectivity index (χ2n) is 2.61. The van der Waals surface area contributed by atoms with Crippen molar-refractivity contribution in [3.8, 4) is 0 Å². The van der Waals surface area contributed by atoms with E-state index < -0.39 is 0 Å². The number of nitrogens with two attached hydrogens (primary N) is 2. The molecule has 0 aliphatic carbocycles. The largest absolute Gasteiger partial charge is 0.384 e. The topological polar surface area (TPSA) is 82.8 Å². The zero-order valence-electron chi connectivity index (χ0n) is 6.65. The van der Waals surface area contributed by atoms with E-state index in [0.717, 1.165) is 11.3 Å². The van der Waals surface area contributed by atoms with Gasteiger partial charge in [0.15, 0.2) is 5.65 Å². The molecule has 0 aliphatic heterocycles. The standard InChI is InChI=1S/C7H9N5/c1-4-10-5-2-3-6(8)11-7(5)12(4)9/h2-3H,9H2,1H3,(H2,8,11). The van der Waals surface area contributed by atoms with E-state index in [1.54, 1.807) is 12.1 Å². The first-order chi connectivity index (χ1) is 5.68. The van der Waals surface area contributed by atoms with Gasteiger partial charge >= 0.3 is 0 Å². The molecule has 0 saturated heterocycles. The predicted octanol–water partition coefficient (Wildman–Crippen LogP) is 0.0357. The SMILES string of the molecule is Cc1nc2ccc(N)nc2n1N. The Morgan fingerprint density at radius 3 is 2.83 bits per heavy atom. The second-order valence-corrected chi connectivity index (χ2v) is 2.61. The number of aryl methyl sites for hydroxylation is 1. The van der Waals surface area contributed by atoms with Gasteiger partial charge in [-0.15, -0.1) is 0 Å². The molecule has 0 aliphatic rings. The molecular weight excluding hydrogens is 154 g/mol. The molecule has 0 bridgehead atoms. The van der Waals surface area contributed by atoms with E-state index in [-0.39, 0.29) is 0 Å². The minimum absolute atomic E-state index is 0.453. The zero-order chi connectivity index (χ0) is 8.72. The summed E-state index contributed by atoms with van der Waals surface area (Å²) in [5, 5.41) is 0. The Kier molecular flexibility index (Phi) is 1.21. The van der Waals surface area contributed by atoms with Gasteiger partial charge in [-0.05, 0) is 19.1 Å². The quantitative estimate of drug-likeness (QED) is 0.537. The minimum atomic E-state index is 0.453. The van der Waals surface area contributed by atoms with Crippen LogP contribution in [0.25, 0.3) is 11.2 Å². The average Bonchev–Trinajstić information content (AvgIpc) is 2.31. The van der Waals surface area contributed by atoms with Crippen LogP contribution in [-0.2, 0) is 0 Å². The van der Waals surface area contributed by atoms with Crippen LogP contribution in [-0.4, -0.2) is 14.6 Å². The number of fused-ring (bicyclic) bond motifs is 1. The molecule has 2 aromatic rings. The smallest absolute Gasteiger partial charge is 0.180 e. The number of nitrogen functional groups attached to an aromatic ring is 2. The van der Waals surface area contributed by atoms with Crippen LogP contribution in [0.3, 0.4) is 0 Å². The molecule has 0 spiro atoms. The predicted molar refractivity (Wildman–Crippen MR) is 46.8 cm³/mol. The van der Waals surface area contributed by atoms with E-state index in [9.17, 15) is 0 Å². The highest BCUT2D eigenvalue weighted by Crippen LogP contribution is 2.11. The highest BCUT2D eigenvalue weighted by Gasteiger charge is 2.04. The molecule has 2 heterocycles. The maximum atomic E-state index is 5.64. The number of anilines is 1. The monoisotopic (exact) mass is 163 g/mol. The van der Waals surface area contributed by atoms with Crippen LogP contribution in [0.4, 0.5) is 5.82 Å². The normalized spacial score (nSPS) is 10.8. The molecule has 2 aromatic heterocycles. The summed E-state index contributed by atoms with van der Waals surface area (Å²) in [6, 6.07) is 3.50. The summed E-state index contributed by atoms with van der Waals surface area (Å²) in [4.78, 5) is 8.22. The molecule has 0 atom stereocenters. The summed E-state index contributed by atoms with van der Waals surface area (Å²) in [6.45, 7) is 1.82. The maximum Gasteiger partial charge on any atom is 0.180 e. The van der Waals surface area contributed by atoms with E-state index in [1.165, 1.54) is 4.68 Å². The van der Waals surface area contributed by atoms with Gasteiger partial charge in [0, 0.05) is 0 Å². The van der Waals surface area contributed by atoms with Crippen molar-refractivity contribution < 1.29 is 0 Å². The molecule has 62 valence electrons. The molecule has 5 nitrogen and oxygen atoms in total. The minimum Gasteiger partial charge on any atom is -0.384 e. The van der Waals surface area contributed by atoms with Gasteiger partial charge < -0.3 is 11.6 Å². The third-order valence-corrected chi connectivity index (χ3v) is 1.74. The summed E-state index contributed by atoms with van der Waals surface area (Å²) < 4.78 is 1.42. The average molecular weight is 163 g/mol. The Morgan fingerprint density at radius 1 is 1.33 bits per heavy atom. The van der Waals surface area contributed by atoms with Crippen molar-refractivity contribution in [3.05, 3.63) is 18.0 Å². The number of imidazole rings is 1. The third-order valence-electron chi connectivity index (χ3n) is 1.74. The summed E-state index contributed by atoms with van der Waals surface area (Å²) >= 11 is 0. The highest BCUT2D eigenvalue weighted by atomic mass is 15.3. The van der Waals surface area contributed by atoms with E-state index >= 15 is 0 Å². The van der Waals surface area contributed by atoms with Gasteiger partial charge in [0.05, 0.1) is 0 Å². The number of nitrogens with zero attached hydrogens (tertiary/aromatic N) is 3. The summed E-state index contributed by atoms with van der Waals surface area (Å²) in [7, 11) is 0. The first-order valence-electron chi connectivity index (χ1n) is 3.55. The first-order valence-corrected chi connectivity index (χ1v) is 3.55. The molecule has 5 heteroatoms. The van der Waals surface area contributed by atoms with Gasteiger partial charge in [-0.1, -0.05) is 0 Å². The molecule has 0 unspecified atom stereocenters. The molecule has 2 rings (SSSR count). The Balaban J connectivity index is 2.88. The van der Waals surface area contributed by atoms with Crippen LogP contribution in [0.5, 0.6) is 0 Å². The van der Waals surface area contributed by atoms with E-state index in [4.69, 9.17) is 11.6 Å². The van der Waals surface area contributed by atoms with Crippen LogP contribution >= 0.6 is 0 Å². The van der Waals surface area contributed by atoms with Crippen molar-refractivity contribution in [2.24, 2.45) is 0 Å². The van der Waals surface area contributed by atoms with Crippen LogP contribution < -0.4 is 11.6 Å². The zero-order valence-corrected chi connectivity index (χ0v) is 6.65. The van der Waals surface area contributed by atoms with Crippen molar-refractivity contribution in [3.63, 3.8) is 0 Å². The summed E-state index contributed by atoms with van der Waals surface area (Å²) in [5.74, 6) is 6.82. The molecule has 0 radical (unpaired) electrons. The van der Waals surface area contributed by atoms with Crippen molar-refractivity contribution in [2.75, 3.05) is 11.6 Å². The van der Waals surface area contributed by atoms with Gasteiger partial charge in [0.25, 0.3) is 0 Å². The number of rotatable bonds is 0. The highest BCUT2D eigenvalue weighted by molar-refractivity contribution is 5.73. The molecule has 0 amide bonds. The number of pyridine rings is 1. The number of hydrogen-bond acceptors (Lipinski definition) is 4. The van der Waals surface area contributed by atoms with Gasteiger partial charge in [0.1, 0.15) is 17.2 Å². The van der Waals surface area contributed by atoms with Gasteiger partial charge in [-0.3, -0.25) is 0 Å². The third kappa shape index (κ3) is 0.795. The Hall–Kier alpha value is -1.78. The van der Waals surface area contributed by atoms with Crippen LogP contribution in [0.2, 0.25) is 0 Å². The van der Waals surface area contributed by atoms with Gasteiger partial charge in [-0.2, -0.15) is 0 Å². The lowest BCUT2D eigenvalue weighted by Crippen LogP contribution is -2.10. The van der Waals surface area contributed by atoms with E-state index in [1.807, 2.05) is 6.92 Å². The molecule has 12 heavy (non-hydrogen) atoms. The fraction of sp³-hybridized carbons (Fsp3) is 0.143.